The quantitative estimate of drug-likeness (QED) is 0.801. The molecule has 1 aromatic carbocycles. The Morgan fingerprint density at radius 2 is 2.00 bits per heavy atom. The average molecular weight is 343 g/mol. The minimum Gasteiger partial charge on any atom is -0.462 e. The van der Waals surface area contributed by atoms with Gasteiger partial charge in [0.2, 0.25) is 0 Å². The molecule has 2 aromatic rings. The summed E-state index contributed by atoms with van der Waals surface area (Å²) >= 11 is 0. The van der Waals surface area contributed by atoms with Gasteiger partial charge in [-0.1, -0.05) is 5.21 Å². The maximum atomic E-state index is 12.3. The van der Waals surface area contributed by atoms with E-state index < -0.39 is 0 Å². The molecule has 2 heterocycles. The van der Waals surface area contributed by atoms with Gasteiger partial charge in [0.25, 0.3) is 5.91 Å². The molecule has 1 saturated heterocycles. The van der Waals surface area contributed by atoms with E-state index in [2.05, 4.69) is 20.9 Å². The van der Waals surface area contributed by atoms with Crippen molar-refractivity contribution in [1.29, 1.82) is 0 Å². The summed E-state index contributed by atoms with van der Waals surface area (Å²) < 4.78 is 6.69. The van der Waals surface area contributed by atoms with E-state index >= 15 is 0 Å². The van der Waals surface area contributed by atoms with E-state index in [1.807, 2.05) is 0 Å². The molecule has 3 rings (SSSR count). The third kappa shape index (κ3) is 4.21. The van der Waals surface area contributed by atoms with Crippen molar-refractivity contribution in [3.8, 4) is 0 Å². The van der Waals surface area contributed by atoms with Gasteiger partial charge in [0.15, 0.2) is 5.69 Å². The van der Waals surface area contributed by atoms with E-state index in [1.165, 1.54) is 0 Å². The Morgan fingerprint density at radius 1 is 1.28 bits per heavy atom. The highest BCUT2D eigenvalue weighted by atomic mass is 16.5. The van der Waals surface area contributed by atoms with E-state index in [1.54, 1.807) is 42.1 Å². The van der Waals surface area contributed by atoms with Gasteiger partial charge in [-0.15, -0.1) is 5.10 Å². The molecule has 0 aliphatic carbocycles. The average Bonchev–Trinajstić information content (AvgIpc) is 3.13. The molecule has 8 heteroatoms. The molecular weight excluding hydrogens is 322 g/mol. The zero-order chi connectivity index (χ0) is 17.6. The molecule has 0 saturated carbocycles. The number of anilines is 1. The van der Waals surface area contributed by atoms with Crippen LogP contribution in [0.15, 0.2) is 30.5 Å². The Kier molecular flexibility index (Phi) is 5.39. The summed E-state index contributed by atoms with van der Waals surface area (Å²) in [6.45, 7) is 3.96. The molecule has 1 amide bonds. The fourth-order valence-electron chi connectivity index (χ4n) is 2.73. The van der Waals surface area contributed by atoms with Crippen LogP contribution in [0.2, 0.25) is 0 Å². The minimum absolute atomic E-state index is 0.271. The Balaban J connectivity index is 1.62. The number of carbonyl (C=O) groups excluding carboxylic acids is 2. The number of hydrogen-bond donors (Lipinski definition) is 2. The first-order valence-electron chi connectivity index (χ1n) is 8.38. The smallest absolute Gasteiger partial charge is 0.338 e. The number of ether oxygens (including phenoxy) is 1. The normalized spacial score (nSPS) is 14.9. The number of hydrogen-bond acceptors (Lipinski definition) is 6. The molecule has 132 valence electrons. The lowest BCUT2D eigenvalue weighted by Crippen LogP contribution is -2.29. The molecule has 2 N–H and O–H groups in total. The van der Waals surface area contributed by atoms with Crippen LogP contribution < -0.4 is 10.6 Å². The number of piperidine rings is 1. The van der Waals surface area contributed by atoms with E-state index in [0.29, 0.717) is 17.9 Å². The highest BCUT2D eigenvalue weighted by molar-refractivity contribution is 6.02. The number of nitrogens with one attached hydrogen (secondary N) is 2. The lowest BCUT2D eigenvalue weighted by Gasteiger charge is -2.22. The van der Waals surface area contributed by atoms with Crippen molar-refractivity contribution in [2.24, 2.45) is 0 Å². The number of aromatic nitrogens is 3. The van der Waals surface area contributed by atoms with Gasteiger partial charge in [0, 0.05) is 5.69 Å². The van der Waals surface area contributed by atoms with Crippen LogP contribution in [-0.2, 0) is 4.74 Å². The molecular formula is C17H21N5O3. The van der Waals surface area contributed by atoms with Crippen molar-refractivity contribution in [2.45, 2.75) is 25.8 Å². The number of esters is 1. The highest BCUT2D eigenvalue weighted by Crippen LogP contribution is 2.17. The van der Waals surface area contributed by atoms with Crippen LogP contribution in [0.3, 0.4) is 0 Å². The second-order valence-electron chi connectivity index (χ2n) is 5.82. The molecule has 1 aliphatic rings. The summed E-state index contributed by atoms with van der Waals surface area (Å²) in [7, 11) is 0. The predicted octanol–water partition coefficient (Wildman–Crippen LogP) is 1.63. The van der Waals surface area contributed by atoms with Crippen LogP contribution in [-0.4, -0.2) is 46.6 Å². The zero-order valence-electron chi connectivity index (χ0n) is 14.1. The predicted molar refractivity (Wildman–Crippen MR) is 91.5 cm³/mol. The van der Waals surface area contributed by atoms with Crippen molar-refractivity contribution in [3.63, 3.8) is 0 Å². The Bertz CT molecular complexity index is 735. The van der Waals surface area contributed by atoms with Gasteiger partial charge >= 0.3 is 5.97 Å². The van der Waals surface area contributed by atoms with E-state index in [-0.39, 0.29) is 23.6 Å². The first-order chi connectivity index (χ1) is 12.2. The van der Waals surface area contributed by atoms with E-state index in [4.69, 9.17) is 4.74 Å². The van der Waals surface area contributed by atoms with Crippen LogP contribution in [0.1, 0.15) is 46.7 Å². The van der Waals surface area contributed by atoms with Gasteiger partial charge < -0.3 is 15.4 Å². The number of amides is 1. The van der Waals surface area contributed by atoms with Crippen LogP contribution in [0.5, 0.6) is 0 Å². The molecule has 0 atom stereocenters. The summed E-state index contributed by atoms with van der Waals surface area (Å²) in [5.41, 5.74) is 1.29. The van der Waals surface area contributed by atoms with Crippen LogP contribution in [0.25, 0.3) is 0 Å². The summed E-state index contributed by atoms with van der Waals surface area (Å²) in [6, 6.07) is 6.81. The van der Waals surface area contributed by atoms with Gasteiger partial charge in [-0.2, -0.15) is 0 Å². The third-order valence-electron chi connectivity index (χ3n) is 4.08. The maximum absolute atomic E-state index is 12.3. The topological polar surface area (TPSA) is 98.1 Å². The molecule has 1 aromatic heterocycles. The zero-order valence-corrected chi connectivity index (χ0v) is 14.1. The van der Waals surface area contributed by atoms with Gasteiger partial charge in [0.05, 0.1) is 24.4 Å². The second-order valence-corrected chi connectivity index (χ2v) is 5.82. The molecule has 25 heavy (non-hydrogen) atoms. The molecule has 0 spiro atoms. The van der Waals surface area contributed by atoms with E-state index in [0.717, 1.165) is 25.9 Å². The lowest BCUT2D eigenvalue weighted by atomic mass is 10.1. The number of nitrogens with zero attached hydrogens (tertiary/aromatic N) is 3. The summed E-state index contributed by atoms with van der Waals surface area (Å²) in [4.78, 5) is 23.9. The molecule has 1 aliphatic heterocycles. The van der Waals surface area contributed by atoms with Gasteiger partial charge in [-0.3, -0.25) is 4.79 Å². The number of benzene rings is 1. The summed E-state index contributed by atoms with van der Waals surface area (Å²) in [5, 5.41) is 14.1. The second kappa shape index (κ2) is 7.89. The number of rotatable bonds is 5. The van der Waals surface area contributed by atoms with Gasteiger partial charge in [-0.25, -0.2) is 9.48 Å². The summed E-state index contributed by atoms with van der Waals surface area (Å²) in [5.74, 6) is -0.714. The molecule has 1 fully saturated rings. The lowest BCUT2D eigenvalue weighted by molar-refractivity contribution is 0.0526. The molecule has 0 unspecified atom stereocenters. The van der Waals surface area contributed by atoms with Gasteiger partial charge in [-0.05, 0) is 57.1 Å². The van der Waals surface area contributed by atoms with Crippen molar-refractivity contribution in [1.82, 2.24) is 20.3 Å². The van der Waals surface area contributed by atoms with E-state index in [9.17, 15) is 9.59 Å². The minimum atomic E-state index is -0.384. The van der Waals surface area contributed by atoms with Crippen LogP contribution >= 0.6 is 0 Å². The molecule has 0 radical (unpaired) electrons. The number of carbonyl (C=O) groups is 2. The van der Waals surface area contributed by atoms with Crippen LogP contribution in [0, 0.1) is 0 Å². The maximum Gasteiger partial charge on any atom is 0.338 e. The van der Waals surface area contributed by atoms with Crippen molar-refractivity contribution < 1.29 is 14.3 Å². The monoisotopic (exact) mass is 343 g/mol. The van der Waals surface area contributed by atoms with Crippen LogP contribution in [0.4, 0.5) is 5.69 Å². The molecule has 8 nitrogen and oxygen atoms in total. The first-order valence-corrected chi connectivity index (χ1v) is 8.38. The SMILES string of the molecule is CCOC(=O)c1ccc(NC(=O)c2cn(C3CCNCC3)nn2)cc1. The van der Waals surface area contributed by atoms with Crippen molar-refractivity contribution in [3.05, 3.63) is 41.7 Å². The van der Waals surface area contributed by atoms with Gasteiger partial charge in [0.1, 0.15) is 0 Å². The molecule has 0 bridgehead atoms. The fraction of sp³-hybridized carbons (Fsp3) is 0.412. The Morgan fingerprint density at radius 3 is 2.68 bits per heavy atom. The standard InChI is InChI=1S/C17H21N5O3/c1-2-25-17(24)12-3-5-13(6-4-12)19-16(23)15-11-22(21-20-15)14-7-9-18-10-8-14/h3-6,11,14,18H,2,7-10H2,1H3,(H,19,23). The Hall–Kier alpha value is -2.74. The Labute approximate surface area is 145 Å². The largest absolute Gasteiger partial charge is 0.462 e. The third-order valence-corrected chi connectivity index (χ3v) is 4.08. The van der Waals surface area contributed by atoms with Crippen molar-refractivity contribution >= 4 is 17.6 Å². The fourth-order valence-corrected chi connectivity index (χ4v) is 2.73. The van der Waals surface area contributed by atoms with Crippen molar-refractivity contribution in [2.75, 3.05) is 25.0 Å². The summed E-state index contributed by atoms with van der Waals surface area (Å²) in [6.07, 6.45) is 3.62. The highest BCUT2D eigenvalue weighted by Gasteiger charge is 2.19. The first kappa shape index (κ1) is 17.1.